The Morgan fingerprint density at radius 1 is 1.17 bits per heavy atom. The third kappa shape index (κ3) is 1.91. The van der Waals surface area contributed by atoms with E-state index in [1.807, 2.05) is 0 Å². The number of fused-ring (bicyclic) bond motifs is 1. The Bertz CT molecular complexity index is 306. The first-order valence-electron chi connectivity index (χ1n) is 7.04. The summed E-state index contributed by atoms with van der Waals surface area (Å²) in [4.78, 5) is 11.7. The molecule has 0 aromatic heterocycles. The van der Waals surface area contributed by atoms with E-state index in [9.17, 15) is 4.79 Å². The summed E-state index contributed by atoms with van der Waals surface area (Å²) in [6.07, 6.45) is 6.06. The van der Waals surface area contributed by atoms with Crippen LogP contribution in [0.1, 0.15) is 52.4 Å². The van der Waals surface area contributed by atoms with E-state index in [2.05, 4.69) is 13.8 Å². The third-order valence-electron chi connectivity index (χ3n) is 4.39. The SMILES string of the molecule is CC[C@H]1O[C@]2(OC)CCCC[C@@]2(C=O)O[C@@H]1CC. The Balaban J connectivity index is 2.34. The maximum atomic E-state index is 11.7. The van der Waals surface area contributed by atoms with E-state index in [-0.39, 0.29) is 12.2 Å². The average Bonchev–Trinajstić information content (AvgIpc) is 2.45. The lowest BCUT2D eigenvalue weighted by Crippen LogP contribution is -2.68. The molecule has 0 aromatic rings. The Labute approximate surface area is 109 Å². The lowest BCUT2D eigenvalue weighted by atomic mass is 9.77. The van der Waals surface area contributed by atoms with Crippen LogP contribution in [0.15, 0.2) is 0 Å². The molecule has 1 heterocycles. The Morgan fingerprint density at radius 3 is 2.33 bits per heavy atom. The molecule has 0 aromatic carbocycles. The topological polar surface area (TPSA) is 44.8 Å². The molecule has 2 aliphatic rings. The van der Waals surface area contributed by atoms with E-state index in [1.165, 1.54) is 0 Å². The minimum atomic E-state index is -0.910. The van der Waals surface area contributed by atoms with Crippen LogP contribution in [0.2, 0.25) is 0 Å². The highest BCUT2D eigenvalue weighted by Gasteiger charge is 2.61. The van der Waals surface area contributed by atoms with Gasteiger partial charge in [0, 0.05) is 13.5 Å². The van der Waals surface area contributed by atoms with E-state index in [4.69, 9.17) is 14.2 Å². The zero-order chi connectivity index (χ0) is 13.2. The van der Waals surface area contributed by atoms with Gasteiger partial charge >= 0.3 is 0 Å². The molecule has 4 atom stereocenters. The minimum Gasteiger partial charge on any atom is -0.356 e. The number of carbonyl (C=O) groups is 1. The van der Waals surface area contributed by atoms with Gasteiger partial charge in [0.2, 0.25) is 5.79 Å². The monoisotopic (exact) mass is 256 g/mol. The highest BCUT2D eigenvalue weighted by atomic mass is 16.7. The quantitative estimate of drug-likeness (QED) is 0.725. The van der Waals surface area contributed by atoms with Crippen LogP contribution in [0.4, 0.5) is 0 Å². The summed E-state index contributed by atoms with van der Waals surface area (Å²) in [5, 5.41) is 0. The van der Waals surface area contributed by atoms with Crippen molar-refractivity contribution in [1.82, 2.24) is 0 Å². The zero-order valence-corrected chi connectivity index (χ0v) is 11.6. The van der Waals surface area contributed by atoms with Crippen molar-refractivity contribution < 1.29 is 19.0 Å². The Hall–Kier alpha value is -0.450. The molecule has 4 nitrogen and oxygen atoms in total. The molecule has 1 aliphatic heterocycles. The van der Waals surface area contributed by atoms with Crippen LogP contribution in [0, 0.1) is 0 Å². The second-order valence-corrected chi connectivity index (χ2v) is 5.30. The predicted octanol–water partition coefficient (Wildman–Crippen LogP) is 2.44. The first kappa shape index (κ1) is 14.0. The summed E-state index contributed by atoms with van der Waals surface area (Å²) >= 11 is 0. The van der Waals surface area contributed by atoms with Gasteiger partial charge in [-0.05, 0) is 32.1 Å². The summed E-state index contributed by atoms with van der Waals surface area (Å²) in [6, 6.07) is 0. The summed E-state index contributed by atoms with van der Waals surface area (Å²) < 4.78 is 18.0. The van der Waals surface area contributed by atoms with Gasteiger partial charge in [-0.2, -0.15) is 0 Å². The highest BCUT2D eigenvalue weighted by molar-refractivity contribution is 5.65. The van der Waals surface area contributed by atoms with Crippen LogP contribution in [-0.4, -0.2) is 37.0 Å². The lowest BCUT2D eigenvalue weighted by Gasteiger charge is -2.55. The molecule has 1 saturated carbocycles. The second kappa shape index (κ2) is 5.27. The molecule has 0 amide bonds. The zero-order valence-electron chi connectivity index (χ0n) is 11.6. The lowest BCUT2D eigenvalue weighted by molar-refractivity contribution is -0.392. The maximum absolute atomic E-state index is 11.7. The summed E-state index contributed by atoms with van der Waals surface area (Å²) in [6.45, 7) is 4.15. The van der Waals surface area contributed by atoms with Crippen molar-refractivity contribution in [3.63, 3.8) is 0 Å². The van der Waals surface area contributed by atoms with Gasteiger partial charge in [-0.15, -0.1) is 0 Å². The van der Waals surface area contributed by atoms with Crippen LogP contribution < -0.4 is 0 Å². The summed E-state index contributed by atoms with van der Waals surface area (Å²) in [7, 11) is 1.62. The van der Waals surface area contributed by atoms with Crippen molar-refractivity contribution in [3.05, 3.63) is 0 Å². The van der Waals surface area contributed by atoms with E-state index in [0.29, 0.717) is 6.42 Å². The summed E-state index contributed by atoms with van der Waals surface area (Å²) in [5.41, 5.74) is -0.910. The number of ether oxygens (including phenoxy) is 3. The maximum Gasteiger partial charge on any atom is 0.204 e. The van der Waals surface area contributed by atoms with Gasteiger partial charge in [-0.25, -0.2) is 0 Å². The van der Waals surface area contributed by atoms with Crippen LogP contribution in [0.5, 0.6) is 0 Å². The number of aldehydes is 1. The van der Waals surface area contributed by atoms with Gasteiger partial charge in [0.15, 0.2) is 11.9 Å². The third-order valence-corrected chi connectivity index (χ3v) is 4.39. The molecule has 0 unspecified atom stereocenters. The second-order valence-electron chi connectivity index (χ2n) is 5.30. The largest absolute Gasteiger partial charge is 0.356 e. The van der Waals surface area contributed by atoms with Crippen molar-refractivity contribution in [2.24, 2.45) is 0 Å². The molecule has 1 aliphatic carbocycles. The molecule has 0 N–H and O–H groups in total. The van der Waals surface area contributed by atoms with Crippen LogP contribution >= 0.6 is 0 Å². The molecule has 18 heavy (non-hydrogen) atoms. The van der Waals surface area contributed by atoms with Gasteiger partial charge in [-0.3, -0.25) is 4.79 Å². The van der Waals surface area contributed by atoms with Gasteiger partial charge in [0.05, 0.1) is 12.2 Å². The Kier molecular flexibility index (Phi) is 4.09. The number of methoxy groups -OCH3 is 1. The van der Waals surface area contributed by atoms with Gasteiger partial charge in [-0.1, -0.05) is 13.8 Å². The van der Waals surface area contributed by atoms with Crippen LogP contribution in [-0.2, 0) is 19.0 Å². The van der Waals surface area contributed by atoms with E-state index in [1.54, 1.807) is 7.11 Å². The first-order chi connectivity index (χ1) is 8.67. The smallest absolute Gasteiger partial charge is 0.204 e. The van der Waals surface area contributed by atoms with Crippen LogP contribution in [0.3, 0.4) is 0 Å². The molecule has 2 rings (SSSR count). The predicted molar refractivity (Wildman–Crippen MR) is 67.3 cm³/mol. The average molecular weight is 256 g/mol. The molecule has 0 radical (unpaired) electrons. The molecular weight excluding hydrogens is 232 g/mol. The molecule has 4 heteroatoms. The van der Waals surface area contributed by atoms with Crippen molar-refractivity contribution in [1.29, 1.82) is 0 Å². The van der Waals surface area contributed by atoms with Gasteiger partial charge < -0.3 is 14.2 Å². The molecule has 0 spiro atoms. The summed E-state index contributed by atoms with van der Waals surface area (Å²) in [5.74, 6) is -0.876. The van der Waals surface area contributed by atoms with Crippen molar-refractivity contribution in [2.45, 2.75) is 76.0 Å². The van der Waals surface area contributed by atoms with E-state index < -0.39 is 11.4 Å². The van der Waals surface area contributed by atoms with Gasteiger partial charge in [0.25, 0.3) is 0 Å². The molecule has 2 fully saturated rings. The fraction of sp³-hybridized carbons (Fsp3) is 0.929. The highest BCUT2D eigenvalue weighted by Crippen LogP contribution is 2.48. The fourth-order valence-corrected chi connectivity index (χ4v) is 3.31. The first-order valence-corrected chi connectivity index (χ1v) is 7.04. The van der Waals surface area contributed by atoms with Crippen molar-refractivity contribution >= 4 is 6.29 Å². The van der Waals surface area contributed by atoms with E-state index in [0.717, 1.165) is 38.4 Å². The van der Waals surface area contributed by atoms with E-state index >= 15 is 0 Å². The minimum absolute atomic E-state index is 0.0124. The number of hydrogen-bond donors (Lipinski definition) is 0. The molecule has 0 bridgehead atoms. The van der Waals surface area contributed by atoms with Gasteiger partial charge in [0.1, 0.15) is 0 Å². The number of carbonyl (C=O) groups excluding carboxylic acids is 1. The normalized spacial score (nSPS) is 44.4. The van der Waals surface area contributed by atoms with Crippen molar-refractivity contribution in [3.8, 4) is 0 Å². The molecule has 104 valence electrons. The van der Waals surface area contributed by atoms with Crippen molar-refractivity contribution in [2.75, 3.05) is 7.11 Å². The Morgan fingerprint density at radius 2 is 1.78 bits per heavy atom. The van der Waals surface area contributed by atoms with Crippen LogP contribution in [0.25, 0.3) is 0 Å². The molecule has 1 saturated heterocycles. The fourth-order valence-electron chi connectivity index (χ4n) is 3.31. The standard InChI is InChI=1S/C14H24O4/c1-4-11-12(5-2)18-14(16-3)9-7-6-8-13(14,10-15)17-11/h10-12H,4-9H2,1-3H3/t11-,12-,13+,14-/m1/s1. The number of rotatable bonds is 4. The molecular formula is C14H24O4. The number of hydrogen-bond acceptors (Lipinski definition) is 4.